The van der Waals surface area contributed by atoms with Gasteiger partial charge in [0, 0.05) is 32.2 Å². The highest BCUT2D eigenvalue weighted by molar-refractivity contribution is 7.99. The normalized spacial score (nSPS) is 11.2. The lowest BCUT2D eigenvalue weighted by Crippen LogP contribution is -2.23. The Morgan fingerprint density at radius 3 is 2.52 bits per heavy atom. The first-order chi connectivity index (χ1) is 14.1. The molecule has 29 heavy (non-hydrogen) atoms. The molecule has 2 heterocycles. The monoisotopic (exact) mass is 477 g/mol. The highest BCUT2D eigenvalue weighted by Gasteiger charge is 2.13. The average molecular weight is 478 g/mol. The van der Waals surface area contributed by atoms with Crippen LogP contribution in [0.1, 0.15) is 5.69 Å². The second-order valence-corrected chi connectivity index (χ2v) is 8.96. The Morgan fingerprint density at radius 2 is 1.79 bits per heavy atom. The molecule has 0 atom stereocenters. The number of rotatable bonds is 5. The zero-order valence-electron chi connectivity index (χ0n) is 14.7. The lowest BCUT2D eigenvalue weighted by atomic mass is 10.3. The molecular weight excluding hydrogens is 465 g/mol. The number of nitrogens with zero attached hydrogens (tertiary/aromatic N) is 3. The number of thiocarbonyl (C=S) groups is 1. The van der Waals surface area contributed by atoms with E-state index in [-0.39, 0.29) is 0 Å². The molecule has 5 nitrogen and oxygen atoms in total. The largest absolute Gasteiger partial charge is 0.331 e. The van der Waals surface area contributed by atoms with E-state index in [4.69, 9.17) is 40.4 Å². The summed E-state index contributed by atoms with van der Waals surface area (Å²) in [5, 5.41) is 11.9. The molecule has 0 saturated carbocycles. The number of imidazole rings is 1. The highest BCUT2D eigenvalue weighted by Crippen LogP contribution is 2.31. The third kappa shape index (κ3) is 5.09. The van der Waals surface area contributed by atoms with Gasteiger partial charge in [0.1, 0.15) is 10.7 Å². The summed E-state index contributed by atoms with van der Waals surface area (Å²) < 4.78 is 1.99. The van der Waals surface area contributed by atoms with E-state index >= 15 is 0 Å². The van der Waals surface area contributed by atoms with Gasteiger partial charge in [-0.25, -0.2) is 4.98 Å². The Bertz CT molecular complexity index is 1170. The molecule has 4 rings (SSSR count). The van der Waals surface area contributed by atoms with E-state index in [9.17, 15) is 0 Å². The Balaban J connectivity index is 1.49. The van der Waals surface area contributed by atoms with Gasteiger partial charge in [-0.05, 0) is 60.7 Å². The number of hydrazone groups is 1. The highest BCUT2D eigenvalue weighted by atomic mass is 35.5. The van der Waals surface area contributed by atoms with E-state index < -0.39 is 0 Å². The number of halogens is 2. The van der Waals surface area contributed by atoms with Gasteiger partial charge in [-0.2, -0.15) is 5.10 Å². The van der Waals surface area contributed by atoms with E-state index in [0.717, 1.165) is 26.3 Å². The summed E-state index contributed by atoms with van der Waals surface area (Å²) in [6.07, 6.45) is 3.67. The van der Waals surface area contributed by atoms with Crippen molar-refractivity contribution in [3.05, 3.63) is 75.8 Å². The van der Waals surface area contributed by atoms with Crippen LogP contribution in [0.4, 0.5) is 5.69 Å². The summed E-state index contributed by atoms with van der Waals surface area (Å²) in [5.41, 5.74) is 4.52. The van der Waals surface area contributed by atoms with Crippen molar-refractivity contribution < 1.29 is 0 Å². The molecule has 0 bridgehead atoms. The fraction of sp³-hybridized carbons (Fsp3) is 0. The molecule has 0 radical (unpaired) electrons. The zero-order valence-corrected chi connectivity index (χ0v) is 18.6. The smallest absolute Gasteiger partial charge is 0.195 e. The van der Waals surface area contributed by atoms with Crippen LogP contribution in [0, 0.1) is 0 Å². The second kappa shape index (κ2) is 9.15. The third-order valence-electron chi connectivity index (χ3n) is 3.75. The van der Waals surface area contributed by atoms with Crippen LogP contribution >= 0.6 is 58.5 Å². The lowest BCUT2D eigenvalue weighted by Gasteiger charge is -2.06. The van der Waals surface area contributed by atoms with Crippen molar-refractivity contribution in [2.75, 3.05) is 5.32 Å². The van der Waals surface area contributed by atoms with Crippen molar-refractivity contribution in [3.63, 3.8) is 0 Å². The Labute approximate surface area is 190 Å². The molecule has 0 amide bonds. The maximum absolute atomic E-state index is 5.98. The summed E-state index contributed by atoms with van der Waals surface area (Å²) in [6.45, 7) is 0. The molecule has 2 N–H and O–H groups in total. The van der Waals surface area contributed by atoms with Crippen LogP contribution in [0.3, 0.4) is 0 Å². The quantitative estimate of drug-likeness (QED) is 0.204. The fourth-order valence-electron chi connectivity index (χ4n) is 2.43. The first-order valence-corrected chi connectivity index (χ1v) is 11.2. The predicted octanol–water partition coefficient (Wildman–Crippen LogP) is 6.17. The number of fused-ring (bicyclic) bond motifs is 1. The minimum Gasteiger partial charge on any atom is -0.331 e. The van der Waals surface area contributed by atoms with Crippen LogP contribution in [0.25, 0.3) is 4.96 Å². The van der Waals surface area contributed by atoms with Crippen molar-refractivity contribution in [2.45, 2.75) is 9.92 Å². The molecule has 0 aliphatic rings. The van der Waals surface area contributed by atoms with Crippen LogP contribution in [0.15, 0.2) is 75.1 Å². The molecule has 0 saturated heterocycles. The predicted molar refractivity (Wildman–Crippen MR) is 127 cm³/mol. The van der Waals surface area contributed by atoms with Crippen LogP contribution in [0.5, 0.6) is 0 Å². The maximum Gasteiger partial charge on any atom is 0.195 e. The summed E-state index contributed by atoms with van der Waals surface area (Å²) in [6, 6.07) is 14.9. The van der Waals surface area contributed by atoms with Crippen LogP contribution in [-0.4, -0.2) is 20.7 Å². The number of anilines is 1. The minimum atomic E-state index is 0.376. The molecule has 2 aromatic carbocycles. The molecule has 2 aromatic heterocycles. The summed E-state index contributed by atoms with van der Waals surface area (Å²) >= 11 is 20.3. The SMILES string of the molecule is S=C(NN=Cc1c(Sc2ccc(Cl)cc2)nc2sccn12)Nc1ccc(Cl)cc1. The third-order valence-corrected chi connectivity index (χ3v) is 6.20. The van der Waals surface area contributed by atoms with Gasteiger partial charge >= 0.3 is 0 Å². The summed E-state index contributed by atoms with van der Waals surface area (Å²) in [4.78, 5) is 6.63. The number of hydrogen-bond acceptors (Lipinski definition) is 5. The molecule has 0 aliphatic heterocycles. The van der Waals surface area contributed by atoms with Gasteiger partial charge in [-0.1, -0.05) is 35.0 Å². The topological polar surface area (TPSA) is 53.7 Å². The van der Waals surface area contributed by atoms with E-state index in [0.29, 0.717) is 15.2 Å². The molecule has 0 aliphatic carbocycles. The number of thiazole rings is 1. The molecule has 10 heteroatoms. The fourth-order valence-corrected chi connectivity index (χ4v) is 4.52. The lowest BCUT2D eigenvalue weighted by molar-refractivity contribution is 1.04. The standard InChI is InChI=1S/C19H13Cl2N5S3/c20-12-1-5-14(6-2-12)23-18(27)25-22-11-16-17(24-19-26(16)9-10-28-19)29-15-7-3-13(21)4-8-15/h1-11H,(H2,23,25,27). The van der Waals surface area contributed by atoms with Crippen LogP contribution in [0.2, 0.25) is 10.0 Å². The van der Waals surface area contributed by atoms with Gasteiger partial charge in [-0.15, -0.1) is 11.3 Å². The van der Waals surface area contributed by atoms with Crippen molar-refractivity contribution in [1.82, 2.24) is 14.8 Å². The molecule has 0 unspecified atom stereocenters. The van der Waals surface area contributed by atoms with Gasteiger partial charge in [0.2, 0.25) is 0 Å². The molecule has 4 aromatic rings. The summed E-state index contributed by atoms with van der Waals surface area (Å²) in [5.74, 6) is 0. The van der Waals surface area contributed by atoms with Crippen molar-refractivity contribution in [2.24, 2.45) is 5.10 Å². The Morgan fingerprint density at radius 1 is 1.10 bits per heavy atom. The first kappa shape index (κ1) is 20.2. The summed E-state index contributed by atoms with van der Waals surface area (Å²) in [7, 11) is 0. The van der Waals surface area contributed by atoms with Gasteiger partial charge in [0.15, 0.2) is 10.1 Å². The van der Waals surface area contributed by atoms with Crippen LogP contribution < -0.4 is 10.7 Å². The average Bonchev–Trinajstić information content (AvgIpc) is 3.28. The number of nitrogens with one attached hydrogen (secondary N) is 2. The molecular formula is C19H13Cl2N5S3. The Kier molecular flexibility index (Phi) is 6.37. The second-order valence-electron chi connectivity index (χ2n) is 5.74. The van der Waals surface area contributed by atoms with Crippen molar-refractivity contribution in [1.29, 1.82) is 0 Å². The molecule has 0 spiro atoms. The molecule has 0 fully saturated rings. The van der Waals surface area contributed by atoms with E-state index in [1.54, 1.807) is 41.4 Å². The molecule has 146 valence electrons. The Hall–Kier alpha value is -2.10. The first-order valence-electron chi connectivity index (χ1n) is 8.33. The van der Waals surface area contributed by atoms with E-state index in [1.807, 2.05) is 52.4 Å². The maximum atomic E-state index is 5.98. The van der Waals surface area contributed by atoms with Gasteiger partial charge in [0.25, 0.3) is 0 Å². The van der Waals surface area contributed by atoms with Crippen LogP contribution in [-0.2, 0) is 0 Å². The van der Waals surface area contributed by atoms with Crippen molar-refractivity contribution >= 4 is 80.5 Å². The van der Waals surface area contributed by atoms with Crippen molar-refractivity contribution in [3.8, 4) is 0 Å². The number of benzene rings is 2. The van der Waals surface area contributed by atoms with E-state index in [1.165, 1.54) is 0 Å². The van der Waals surface area contributed by atoms with Gasteiger partial charge in [0.05, 0.1) is 6.21 Å². The van der Waals surface area contributed by atoms with E-state index in [2.05, 4.69) is 15.8 Å². The minimum absolute atomic E-state index is 0.376. The van der Waals surface area contributed by atoms with Gasteiger partial charge < -0.3 is 5.32 Å². The van der Waals surface area contributed by atoms with Gasteiger partial charge in [-0.3, -0.25) is 9.83 Å². The number of aromatic nitrogens is 2. The number of hydrogen-bond donors (Lipinski definition) is 2. The zero-order chi connectivity index (χ0) is 20.2.